The van der Waals surface area contributed by atoms with Crippen molar-refractivity contribution in [3.8, 4) is 0 Å². The molecule has 4 aliphatic rings. The molecule has 184 valence electrons. The zero-order valence-electron chi connectivity index (χ0n) is 22.7. The molecule has 9 atom stereocenters. The van der Waals surface area contributed by atoms with Crippen LogP contribution in [0.2, 0.25) is 0 Å². The Morgan fingerprint density at radius 2 is 1.62 bits per heavy atom. The van der Waals surface area contributed by atoms with E-state index in [0.29, 0.717) is 19.7 Å². The molecule has 0 aromatic rings. The van der Waals surface area contributed by atoms with Crippen molar-refractivity contribution in [3.63, 3.8) is 0 Å². The van der Waals surface area contributed by atoms with Crippen LogP contribution in [0.25, 0.3) is 0 Å². The van der Waals surface area contributed by atoms with Crippen LogP contribution in [0.4, 0.5) is 0 Å². The first-order valence-corrected chi connectivity index (χ1v) is 17.0. The summed E-state index contributed by atoms with van der Waals surface area (Å²) in [5, 5.41) is 0. The maximum atomic E-state index is 2.79. The van der Waals surface area contributed by atoms with Crippen LogP contribution in [0.5, 0.6) is 0 Å². The van der Waals surface area contributed by atoms with Crippen LogP contribution < -0.4 is 21.2 Å². The van der Waals surface area contributed by atoms with E-state index in [1.54, 1.807) is 0 Å². The molecule has 0 heterocycles. The van der Waals surface area contributed by atoms with Crippen molar-refractivity contribution in [2.24, 2.45) is 51.8 Å². The molecule has 0 radical (unpaired) electrons. The summed E-state index contributed by atoms with van der Waals surface area (Å²) in [7, 11) is 0. The molecule has 0 N–H and O–H groups in total. The molecule has 0 saturated heterocycles. The van der Waals surface area contributed by atoms with Gasteiger partial charge in [-0.25, -0.2) is 0 Å². The average molecular weight is 552 g/mol. The summed E-state index contributed by atoms with van der Waals surface area (Å²) >= 11 is 0.257. The average Bonchev–Trinajstić information content (AvgIpc) is 3.08. The van der Waals surface area contributed by atoms with Crippen LogP contribution in [0.15, 0.2) is 23.8 Å². The first-order chi connectivity index (χ1) is 14.9. The Bertz CT molecular complexity index is 756. The molecule has 0 nitrogen and oxygen atoms in total. The van der Waals surface area contributed by atoms with Crippen molar-refractivity contribution >= 4 is 0 Å². The molecule has 9 unspecified atom stereocenters. The van der Waals surface area contributed by atoms with Gasteiger partial charge in [0.1, 0.15) is 0 Å². The molecular formula is C31H52I-. The van der Waals surface area contributed by atoms with Gasteiger partial charge in [-0.2, -0.15) is 0 Å². The van der Waals surface area contributed by atoms with E-state index in [9.17, 15) is 0 Å². The molecule has 0 aromatic heterocycles. The molecule has 3 fully saturated rings. The van der Waals surface area contributed by atoms with Crippen molar-refractivity contribution in [3.05, 3.63) is 23.8 Å². The summed E-state index contributed by atoms with van der Waals surface area (Å²) in [6.45, 7) is 20.4. The van der Waals surface area contributed by atoms with Gasteiger partial charge in [0.25, 0.3) is 0 Å². The molecule has 32 heavy (non-hydrogen) atoms. The first kappa shape index (κ1) is 25.3. The Morgan fingerprint density at radius 3 is 2.28 bits per heavy atom. The van der Waals surface area contributed by atoms with Crippen LogP contribution in [-0.4, -0.2) is 8.35 Å². The van der Waals surface area contributed by atoms with E-state index in [-0.39, 0.29) is 21.2 Å². The SMILES string of the molecule is C[I-]C1(C)CCC2(C)C3CCC4(C)C(C(C)CCC=C(C)C)CCC4C3C=CC2C1(C)C. The second-order valence-electron chi connectivity index (χ2n) is 13.8. The second kappa shape index (κ2) is 8.70. The Hall–Kier alpha value is 0.210. The zero-order chi connectivity index (χ0) is 23.5. The summed E-state index contributed by atoms with van der Waals surface area (Å²) in [6, 6.07) is 0. The van der Waals surface area contributed by atoms with E-state index < -0.39 is 0 Å². The summed E-state index contributed by atoms with van der Waals surface area (Å²) in [5.41, 5.74) is 3.03. The molecule has 0 spiro atoms. The minimum absolute atomic E-state index is 0.257. The Kier molecular flexibility index (Phi) is 6.88. The van der Waals surface area contributed by atoms with Gasteiger partial charge in [0.15, 0.2) is 0 Å². The number of halogens is 1. The van der Waals surface area contributed by atoms with Crippen LogP contribution in [0.3, 0.4) is 0 Å². The van der Waals surface area contributed by atoms with Gasteiger partial charge in [0.05, 0.1) is 0 Å². The van der Waals surface area contributed by atoms with Crippen LogP contribution in [0, 0.1) is 51.8 Å². The normalized spacial score (nSPS) is 48.0. The molecule has 0 aromatic carbocycles. The molecule has 0 bridgehead atoms. The Morgan fingerprint density at radius 1 is 0.938 bits per heavy atom. The van der Waals surface area contributed by atoms with Crippen molar-refractivity contribution in [2.75, 3.05) is 4.93 Å². The van der Waals surface area contributed by atoms with Crippen LogP contribution in [-0.2, 0) is 0 Å². The van der Waals surface area contributed by atoms with E-state index in [4.69, 9.17) is 0 Å². The van der Waals surface area contributed by atoms with Gasteiger partial charge < -0.3 is 0 Å². The summed E-state index contributed by atoms with van der Waals surface area (Å²) in [5.74, 6) is 5.29. The fourth-order valence-corrected chi connectivity index (χ4v) is 12.2. The number of fused-ring (bicyclic) bond motifs is 5. The number of hydrogen-bond donors (Lipinski definition) is 0. The van der Waals surface area contributed by atoms with Crippen molar-refractivity contribution < 1.29 is 21.2 Å². The first-order valence-electron chi connectivity index (χ1n) is 13.7. The van der Waals surface area contributed by atoms with Crippen molar-refractivity contribution in [1.82, 2.24) is 0 Å². The Balaban J connectivity index is 1.58. The second-order valence-corrected chi connectivity index (χ2v) is 17.3. The van der Waals surface area contributed by atoms with Gasteiger partial charge in [-0.15, -0.1) is 0 Å². The monoisotopic (exact) mass is 551 g/mol. The minimum atomic E-state index is 0.257. The van der Waals surface area contributed by atoms with Gasteiger partial charge in [-0.1, -0.05) is 11.6 Å². The van der Waals surface area contributed by atoms with E-state index in [1.165, 1.54) is 56.9 Å². The Labute approximate surface area is 211 Å². The maximum absolute atomic E-state index is 2.79. The number of hydrogen-bond acceptors (Lipinski definition) is 0. The topological polar surface area (TPSA) is 0 Å². The zero-order valence-corrected chi connectivity index (χ0v) is 24.9. The molecular weight excluding hydrogens is 499 g/mol. The number of alkyl halides is 2. The summed E-state index contributed by atoms with van der Waals surface area (Å²) < 4.78 is 0.593. The summed E-state index contributed by atoms with van der Waals surface area (Å²) in [4.78, 5) is 2.54. The number of allylic oxidation sites excluding steroid dienone is 4. The van der Waals surface area contributed by atoms with Gasteiger partial charge in [-0.05, 0) is 13.8 Å². The fourth-order valence-electron chi connectivity index (χ4n) is 9.63. The third-order valence-electron chi connectivity index (χ3n) is 12.0. The van der Waals surface area contributed by atoms with E-state index in [1.807, 2.05) is 0 Å². The summed E-state index contributed by atoms with van der Waals surface area (Å²) in [6.07, 6.45) is 19.6. The molecule has 3 saturated carbocycles. The molecule has 1 heteroatoms. The predicted octanol–water partition coefficient (Wildman–Crippen LogP) is 5.92. The quantitative estimate of drug-likeness (QED) is 0.226. The van der Waals surface area contributed by atoms with Gasteiger partial charge in [0, 0.05) is 0 Å². The van der Waals surface area contributed by atoms with Crippen molar-refractivity contribution in [1.29, 1.82) is 0 Å². The van der Waals surface area contributed by atoms with Crippen molar-refractivity contribution in [2.45, 2.75) is 110 Å². The van der Waals surface area contributed by atoms with E-state index in [0.717, 1.165) is 35.5 Å². The molecule has 4 aliphatic carbocycles. The standard InChI is InChI=1S/C31H52I/c1-21(2)11-10-12-22(3)24-14-15-25-23-13-16-27-28(4,5)31(8,32-9)20-19-30(27,7)26(23)17-18-29(24,25)6/h11,13,16,22-27H,10,12,14-15,17-20H2,1-9H3/q-1. The van der Waals surface area contributed by atoms with Gasteiger partial charge >= 0.3 is 186 Å². The third-order valence-corrected chi connectivity index (χ3v) is 16.3. The molecule has 0 amide bonds. The third kappa shape index (κ3) is 3.72. The fraction of sp³-hybridized carbons (Fsp3) is 0.871. The van der Waals surface area contributed by atoms with Crippen LogP contribution >= 0.6 is 0 Å². The predicted molar refractivity (Wildman–Crippen MR) is 136 cm³/mol. The van der Waals surface area contributed by atoms with Gasteiger partial charge in [-0.3, -0.25) is 0 Å². The number of rotatable bonds is 5. The van der Waals surface area contributed by atoms with E-state index in [2.05, 4.69) is 78.5 Å². The van der Waals surface area contributed by atoms with Gasteiger partial charge in [0.2, 0.25) is 0 Å². The van der Waals surface area contributed by atoms with E-state index >= 15 is 0 Å². The molecule has 4 rings (SSSR count). The van der Waals surface area contributed by atoms with Crippen LogP contribution in [0.1, 0.15) is 107 Å². The molecule has 0 aliphatic heterocycles.